The first-order valence-corrected chi connectivity index (χ1v) is 11.3. The number of benzene rings is 2. The number of nitrogens with two attached hydrogens (primary N) is 1. The molecule has 0 aromatic heterocycles. The molecule has 1 aliphatic rings. The molecule has 1 atom stereocenters. The molecule has 0 bridgehead atoms. The van der Waals surface area contributed by atoms with Crippen LogP contribution in [0.2, 0.25) is 0 Å². The SMILES string of the molecule is COc1ccc(CCC(=O)C(NC(=O)c2ccc(CN)cc2)(OC2CCNCC2)C(=O)O)cc1. The maximum absolute atomic E-state index is 13.4. The molecule has 3 rings (SSSR count). The smallest absolute Gasteiger partial charge is 0.365 e. The van der Waals surface area contributed by atoms with Crippen molar-refractivity contribution < 1.29 is 29.0 Å². The van der Waals surface area contributed by atoms with E-state index in [1.54, 1.807) is 43.5 Å². The second-order valence-corrected chi connectivity index (χ2v) is 8.18. The number of ketones is 1. The van der Waals surface area contributed by atoms with E-state index in [2.05, 4.69) is 10.6 Å². The van der Waals surface area contributed by atoms with Gasteiger partial charge in [0.25, 0.3) is 5.91 Å². The molecule has 0 aliphatic carbocycles. The van der Waals surface area contributed by atoms with Crippen LogP contribution in [0.3, 0.4) is 0 Å². The van der Waals surface area contributed by atoms with Gasteiger partial charge < -0.3 is 30.9 Å². The Morgan fingerprint density at radius 1 is 1.06 bits per heavy atom. The number of Topliss-reactive ketones (excluding diaryl/α,β-unsaturated/α-hetero) is 1. The number of ether oxygens (including phenoxy) is 2. The fraction of sp³-hybridized carbons (Fsp3) is 0.400. The summed E-state index contributed by atoms with van der Waals surface area (Å²) in [6, 6.07) is 13.6. The highest BCUT2D eigenvalue weighted by molar-refractivity contribution is 6.10. The number of hydrogen-bond acceptors (Lipinski definition) is 7. The predicted octanol–water partition coefficient (Wildman–Crippen LogP) is 1.64. The van der Waals surface area contributed by atoms with Gasteiger partial charge in [0.2, 0.25) is 0 Å². The fourth-order valence-corrected chi connectivity index (χ4v) is 3.80. The van der Waals surface area contributed by atoms with E-state index in [9.17, 15) is 19.5 Å². The molecule has 9 heteroatoms. The molecule has 2 aromatic carbocycles. The Labute approximate surface area is 198 Å². The van der Waals surface area contributed by atoms with Gasteiger partial charge in [-0.1, -0.05) is 24.3 Å². The molecule has 0 spiro atoms. The van der Waals surface area contributed by atoms with Crippen molar-refractivity contribution in [3.05, 3.63) is 65.2 Å². The van der Waals surface area contributed by atoms with Crippen LogP contribution in [0.4, 0.5) is 0 Å². The monoisotopic (exact) mass is 469 g/mol. The third-order valence-corrected chi connectivity index (χ3v) is 5.86. The van der Waals surface area contributed by atoms with Crippen LogP contribution in [0.25, 0.3) is 0 Å². The Morgan fingerprint density at radius 2 is 1.68 bits per heavy atom. The first-order valence-electron chi connectivity index (χ1n) is 11.3. The van der Waals surface area contributed by atoms with E-state index < -0.39 is 29.5 Å². The number of piperidine rings is 1. The average molecular weight is 470 g/mol. The van der Waals surface area contributed by atoms with Crippen molar-refractivity contribution in [2.24, 2.45) is 5.73 Å². The fourth-order valence-electron chi connectivity index (χ4n) is 3.80. The van der Waals surface area contributed by atoms with Crippen LogP contribution in [0.1, 0.15) is 40.7 Å². The Kier molecular flexibility index (Phi) is 8.75. The lowest BCUT2D eigenvalue weighted by atomic mass is 9.98. The van der Waals surface area contributed by atoms with Crippen LogP contribution in [-0.4, -0.2) is 54.8 Å². The number of aliphatic carboxylic acids is 1. The molecular formula is C25H31N3O6. The maximum atomic E-state index is 13.4. The molecule has 1 amide bonds. The summed E-state index contributed by atoms with van der Waals surface area (Å²) >= 11 is 0. The van der Waals surface area contributed by atoms with E-state index in [0.29, 0.717) is 38.2 Å². The second kappa shape index (κ2) is 11.7. The lowest BCUT2D eigenvalue weighted by Crippen LogP contribution is -2.63. The van der Waals surface area contributed by atoms with Crippen LogP contribution in [0, 0.1) is 0 Å². The number of hydrogen-bond donors (Lipinski definition) is 4. The molecule has 0 radical (unpaired) electrons. The van der Waals surface area contributed by atoms with E-state index >= 15 is 0 Å². The number of nitrogens with one attached hydrogen (secondary N) is 2. The zero-order chi connectivity index (χ0) is 24.6. The largest absolute Gasteiger partial charge is 0.497 e. The third-order valence-electron chi connectivity index (χ3n) is 5.86. The summed E-state index contributed by atoms with van der Waals surface area (Å²) in [5.41, 5.74) is 4.98. The van der Waals surface area contributed by atoms with Gasteiger partial charge in [-0.05, 0) is 67.7 Å². The van der Waals surface area contributed by atoms with Crippen molar-refractivity contribution in [2.45, 2.75) is 44.1 Å². The van der Waals surface area contributed by atoms with Gasteiger partial charge in [0.15, 0.2) is 5.78 Å². The van der Waals surface area contributed by atoms with Crippen molar-refractivity contribution in [3.63, 3.8) is 0 Å². The van der Waals surface area contributed by atoms with Crippen molar-refractivity contribution >= 4 is 17.7 Å². The van der Waals surface area contributed by atoms with Crippen molar-refractivity contribution in [3.8, 4) is 5.75 Å². The topological polar surface area (TPSA) is 140 Å². The van der Waals surface area contributed by atoms with Crippen LogP contribution >= 0.6 is 0 Å². The highest BCUT2D eigenvalue weighted by atomic mass is 16.6. The van der Waals surface area contributed by atoms with E-state index in [-0.39, 0.29) is 18.4 Å². The minimum atomic E-state index is -2.49. The number of carbonyl (C=O) groups excluding carboxylic acids is 2. The summed E-state index contributed by atoms with van der Waals surface area (Å²) < 4.78 is 11.0. The quantitative estimate of drug-likeness (QED) is 0.288. The van der Waals surface area contributed by atoms with Crippen LogP contribution in [0.15, 0.2) is 48.5 Å². The molecule has 1 saturated heterocycles. The number of carboxylic acids is 1. The number of methoxy groups -OCH3 is 1. The molecule has 1 fully saturated rings. The zero-order valence-electron chi connectivity index (χ0n) is 19.2. The standard InChI is InChI=1S/C25H31N3O6/c1-33-20-9-4-17(5-10-20)6-11-22(29)25(24(31)32,34-21-12-14-27-15-13-21)28-23(30)19-7-2-18(16-26)3-8-19/h2-5,7-10,21,27H,6,11-16,26H2,1H3,(H,28,30)(H,31,32). The predicted molar refractivity (Wildman–Crippen MR) is 125 cm³/mol. The summed E-state index contributed by atoms with van der Waals surface area (Å²) in [7, 11) is 1.56. The maximum Gasteiger partial charge on any atom is 0.365 e. The molecule has 5 N–H and O–H groups in total. The molecule has 9 nitrogen and oxygen atoms in total. The molecule has 1 aliphatic heterocycles. The Morgan fingerprint density at radius 3 is 2.24 bits per heavy atom. The van der Waals surface area contributed by atoms with E-state index in [1.165, 1.54) is 12.1 Å². The van der Waals surface area contributed by atoms with Gasteiger partial charge in [-0.25, -0.2) is 4.79 Å². The van der Waals surface area contributed by atoms with Crippen molar-refractivity contribution in [1.29, 1.82) is 0 Å². The summed E-state index contributed by atoms with van der Waals surface area (Å²) in [6.45, 7) is 1.58. The first-order chi connectivity index (χ1) is 16.4. The first kappa shape index (κ1) is 25.4. The zero-order valence-corrected chi connectivity index (χ0v) is 19.2. The number of rotatable bonds is 11. The molecule has 34 heavy (non-hydrogen) atoms. The van der Waals surface area contributed by atoms with E-state index in [4.69, 9.17) is 15.2 Å². The summed E-state index contributed by atoms with van der Waals surface area (Å²) in [4.78, 5) is 38.8. The van der Waals surface area contributed by atoms with Gasteiger partial charge in [-0.2, -0.15) is 0 Å². The van der Waals surface area contributed by atoms with Gasteiger partial charge >= 0.3 is 11.7 Å². The molecule has 0 saturated carbocycles. The molecule has 2 aromatic rings. The minimum absolute atomic E-state index is 0.129. The number of carbonyl (C=O) groups is 3. The van der Waals surface area contributed by atoms with Gasteiger partial charge in [-0.15, -0.1) is 0 Å². The summed E-state index contributed by atoms with van der Waals surface area (Å²) in [5.74, 6) is -2.30. The van der Waals surface area contributed by atoms with Crippen LogP contribution < -0.4 is 21.1 Å². The second-order valence-electron chi connectivity index (χ2n) is 8.18. The van der Waals surface area contributed by atoms with Gasteiger partial charge in [-0.3, -0.25) is 9.59 Å². The number of amides is 1. The Balaban J connectivity index is 1.83. The molecule has 182 valence electrons. The average Bonchev–Trinajstić information content (AvgIpc) is 2.87. The van der Waals surface area contributed by atoms with E-state index in [1.807, 2.05) is 0 Å². The Bertz CT molecular complexity index is 987. The minimum Gasteiger partial charge on any atom is -0.497 e. The molecular weight excluding hydrogens is 438 g/mol. The van der Waals surface area contributed by atoms with Crippen LogP contribution in [-0.2, 0) is 27.3 Å². The van der Waals surface area contributed by atoms with Crippen molar-refractivity contribution in [2.75, 3.05) is 20.2 Å². The van der Waals surface area contributed by atoms with Crippen molar-refractivity contribution in [1.82, 2.24) is 10.6 Å². The molecule has 1 unspecified atom stereocenters. The third kappa shape index (κ3) is 6.19. The highest BCUT2D eigenvalue weighted by Gasteiger charge is 2.50. The van der Waals surface area contributed by atoms with Gasteiger partial charge in [0, 0.05) is 18.5 Å². The molecule has 1 heterocycles. The number of carboxylic acid groups (broad SMARTS) is 1. The van der Waals surface area contributed by atoms with Gasteiger partial charge in [0.1, 0.15) is 5.75 Å². The van der Waals surface area contributed by atoms with Gasteiger partial charge in [0.05, 0.1) is 13.2 Å². The normalized spacial score (nSPS) is 15.8. The van der Waals surface area contributed by atoms with Crippen LogP contribution in [0.5, 0.6) is 5.75 Å². The highest BCUT2D eigenvalue weighted by Crippen LogP contribution is 2.22. The van der Waals surface area contributed by atoms with E-state index in [0.717, 1.165) is 11.1 Å². The summed E-state index contributed by atoms with van der Waals surface area (Å²) in [6.07, 6.45) is 0.732. The Hall–Kier alpha value is -3.27. The lowest BCUT2D eigenvalue weighted by Gasteiger charge is -2.34. The number of aryl methyl sites for hydroxylation is 1. The lowest BCUT2D eigenvalue weighted by molar-refractivity contribution is -0.185. The summed E-state index contributed by atoms with van der Waals surface area (Å²) in [5, 5.41) is 15.7.